The first kappa shape index (κ1) is 9.35. The summed E-state index contributed by atoms with van der Waals surface area (Å²) >= 11 is 0. The number of hydrogen-bond donors (Lipinski definition) is 0. The van der Waals surface area contributed by atoms with Gasteiger partial charge in [-0.2, -0.15) is 0 Å². The van der Waals surface area contributed by atoms with Crippen molar-refractivity contribution in [3.05, 3.63) is 40.5 Å². The summed E-state index contributed by atoms with van der Waals surface area (Å²) in [6.07, 6.45) is 0. The van der Waals surface area contributed by atoms with Gasteiger partial charge in [0.15, 0.2) is 11.6 Å². The Morgan fingerprint density at radius 3 is 2.92 bits per heavy atom. The van der Waals surface area contributed by atoms with Gasteiger partial charge in [-0.05, 0) is 17.7 Å². The van der Waals surface area contributed by atoms with E-state index in [4.69, 9.17) is 10.3 Å². The molecule has 1 aromatic carbocycles. The van der Waals surface area contributed by atoms with Gasteiger partial charge in [-0.25, -0.2) is 4.39 Å². The topological polar surface area (TPSA) is 58.0 Å². The van der Waals surface area contributed by atoms with Crippen LogP contribution in [0.1, 0.15) is 0 Å². The molecule has 0 atom stereocenters. The van der Waals surface area contributed by atoms with E-state index >= 15 is 0 Å². The first-order valence-corrected chi connectivity index (χ1v) is 3.73. The van der Waals surface area contributed by atoms with Crippen LogP contribution in [0.15, 0.2) is 29.4 Å². The molecule has 0 unspecified atom stereocenters. The second-order valence-electron chi connectivity index (χ2n) is 2.23. The normalized spacial score (nSPS) is 9.00. The summed E-state index contributed by atoms with van der Waals surface area (Å²) in [5.74, 6) is -0.237. The van der Waals surface area contributed by atoms with E-state index in [0.29, 0.717) is 0 Å². The Morgan fingerprint density at radius 2 is 2.23 bits per heavy atom. The molecule has 0 aliphatic rings. The lowest BCUT2D eigenvalue weighted by molar-refractivity contribution is 0.311. The lowest BCUT2D eigenvalue weighted by Gasteiger charge is -2.03. The highest BCUT2D eigenvalue weighted by atomic mass is 19.1. The van der Waals surface area contributed by atoms with Crippen molar-refractivity contribution in [2.75, 3.05) is 13.2 Å². The van der Waals surface area contributed by atoms with E-state index in [1.165, 1.54) is 12.1 Å². The van der Waals surface area contributed by atoms with Crippen LogP contribution in [0.5, 0.6) is 5.75 Å². The highest BCUT2D eigenvalue weighted by Crippen LogP contribution is 2.14. The number of benzene rings is 1. The van der Waals surface area contributed by atoms with E-state index in [2.05, 4.69) is 10.0 Å². The van der Waals surface area contributed by atoms with Crippen molar-refractivity contribution >= 4 is 0 Å². The van der Waals surface area contributed by atoms with Gasteiger partial charge in [0.1, 0.15) is 0 Å². The lowest BCUT2D eigenvalue weighted by Crippen LogP contribution is -2.01. The molecule has 0 aliphatic carbocycles. The second kappa shape index (κ2) is 5.00. The average molecular weight is 181 g/mol. The molecule has 0 aromatic heterocycles. The third kappa shape index (κ3) is 3.01. The van der Waals surface area contributed by atoms with E-state index in [-0.39, 0.29) is 18.9 Å². The molecule has 4 nitrogen and oxygen atoms in total. The molecule has 1 rings (SSSR count). The quantitative estimate of drug-likeness (QED) is 0.304. The van der Waals surface area contributed by atoms with Crippen LogP contribution >= 0.6 is 0 Å². The minimum Gasteiger partial charge on any atom is -0.490 e. The molecule has 5 heteroatoms. The van der Waals surface area contributed by atoms with Crippen molar-refractivity contribution in [1.82, 2.24) is 0 Å². The third-order valence-electron chi connectivity index (χ3n) is 1.35. The minimum atomic E-state index is -0.413. The second-order valence-corrected chi connectivity index (χ2v) is 2.23. The Hall–Kier alpha value is -1.74. The SMILES string of the molecule is [N-]=[N+]=NCCOc1ccccc1F. The van der Waals surface area contributed by atoms with Gasteiger partial charge in [-0.3, -0.25) is 0 Å². The van der Waals surface area contributed by atoms with Crippen molar-refractivity contribution in [2.24, 2.45) is 5.11 Å². The molecule has 0 N–H and O–H groups in total. The summed E-state index contributed by atoms with van der Waals surface area (Å²) in [5.41, 5.74) is 7.95. The predicted octanol–water partition coefficient (Wildman–Crippen LogP) is 2.51. The molecule has 0 saturated carbocycles. The van der Waals surface area contributed by atoms with Crippen molar-refractivity contribution in [3.8, 4) is 5.75 Å². The maximum absolute atomic E-state index is 12.9. The zero-order valence-corrected chi connectivity index (χ0v) is 6.85. The number of azide groups is 1. The smallest absolute Gasteiger partial charge is 0.165 e. The van der Waals surface area contributed by atoms with Gasteiger partial charge in [-0.15, -0.1) is 0 Å². The first-order chi connectivity index (χ1) is 6.34. The monoisotopic (exact) mass is 181 g/mol. The van der Waals surface area contributed by atoms with E-state index < -0.39 is 5.82 Å². The average Bonchev–Trinajstić information content (AvgIpc) is 2.15. The molecule has 0 radical (unpaired) electrons. The van der Waals surface area contributed by atoms with Crippen molar-refractivity contribution in [1.29, 1.82) is 0 Å². The maximum Gasteiger partial charge on any atom is 0.165 e. The van der Waals surface area contributed by atoms with Crippen LogP contribution in [0.2, 0.25) is 0 Å². The molecule has 0 amide bonds. The molecule has 68 valence electrons. The Kier molecular flexibility index (Phi) is 3.60. The highest BCUT2D eigenvalue weighted by Gasteiger charge is 1.99. The van der Waals surface area contributed by atoms with Crippen LogP contribution in [-0.2, 0) is 0 Å². The fourth-order valence-electron chi connectivity index (χ4n) is 0.803. The molecular formula is C8H8FN3O. The Bertz CT molecular complexity index is 323. The number of ether oxygens (including phenoxy) is 1. The van der Waals surface area contributed by atoms with E-state index in [9.17, 15) is 4.39 Å². The Balaban J connectivity index is 2.45. The van der Waals surface area contributed by atoms with Gasteiger partial charge in [0.2, 0.25) is 0 Å². The van der Waals surface area contributed by atoms with Crippen molar-refractivity contribution in [2.45, 2.75) is 0 Å². The van der Waals surface area contributed by atoms with E-state index in [1.807, 2.05) is 0 Å². The largest absolute Gasteiger partial charge is 0.490 e. The third-order valence-corrected chi connectivity index (χ3v) is 1.35. The van der Waals surface area contributed by atoms with Crippen LogP contribution in [0, 0.1) is 5.82 Å². The van der Waals surface area contributed by atoms with Crippen LogP contribution in [0.3, 0.4) is 0 Å². The summed E-state index contributed by atoms with van der Waals surface area (Å²) in [6.45, 7) is 0.385. The van der Waals surface area contributed by atoms with Crippen LogP contribution in [0.25, 0.3) is 10.4 Å². The Morgan fingerprint density at radius 1 is 1.46 bits per heavy atom. The lowest BCUT2D eigenvalue weighted by atomic mass is 10.3. The number of nitrogens with zero attached hydrogens (tertiary/aromatic N) is 3. The zero-order chi connectivity index (χ0) is 9.52. The molecule has 0 spiro atoms. The van der Waals surface area contributed by atoms with Gasteiger partial charge in [0.05, 0.1) is 13.2 Å². The molecule has 1 aromatic rings. The van der Waals surface area contributed by atoms with Crippen LogP contribution in [-0.4, -0.2) is 13.2 Å². The molecule has 0 aliphatic heterocycles. The Labute approximate surface area is 74.6 Å². The summed E-state index contributed by atoms with van der Waals surface area (Å²) in [6, 6.07) is 6.08. The van der Waals surface area contributed by atoms with Gasteiger partial charge >= 0.3 is 0 Å². The molecule has 13 heavy (non-hydrogen) atoms. The molecule has 0 fully saturated rings. The molecule has 0 heterocycles. The number of rotatable bonds is 4. The molecular weight excluding hydrogens is 173 g/mol. The van der Waals surface area contributed by atoms with Gasteiger partial charge in [0.25, 0.3) is 0 Å². The van der Waals surface area contributed by atoms with E-state index in [1.54, 1.807) is 12.1 Å². The van der Waals surface area contributed by atoms with Gasteiger partial charge in [0, 0.05) is 4.91 Å². The van der Waals surface area contributed by atoms with Crippen molar-refractivity contribution in [3.63, 3.8) is 0 Å². The maximum atomic E-state index is 12.9. The summed E-state index contributed by atoms with van der Waals surface area (Å²) < 4.78 is 17.9. The van der Waals surface area contributed by atoms with Gasteiger partial charge in [-0.1, -0.05) is 17.2 Å². The molecule has 0 bridgehead atoms. The summed E-state index contributed by atoms with van der Waals surface area (Å²) in [5, 5.41) is 3.25. The van der Waals surface area contributed by atoms with Gasteiger partial charge < -0.3 is 4.74 Å². The number of hydrogen-bond acceptors (Lipinski definition) is 2. The van der Waals surface area contributed by atoms with Crippen LogP contribution in [0.4, 0.5) is 4.39 Å². The van der Waals surface area contributed by atoms with Crippen molar-refractivity contribution < 1.29 is 9.13 Å². The predicted molar refractivity (Wildman–Crippen MR) is 45.9 cm³/mol. The fourth-order valence-corrected chi connectivity index (χ4v) is 0.803. The summed E-state index contributed by atoms with van der Waals surface area (Å²) in [7, 11) is 0. The summed E-state index contributed by atoms with van der Waals surface area (Å²) in [4.78, 5) is 2.54. The number of para-hydroxylation sites is 1. The fraction of sp³-hybridized carbons (Fsp3) is 0.250. The first-order valence-electron chi connectivity index (χ1n) is 3.73. The minimum absolute atomic E-state index is 0.177. The van der Waals surface area contributed by atoms with Crippen LogP contribution < -0.4 is 4.74 Å². The molecule has 0 saturated heterocycles. The zero-order valence-electron chi connectivity index (χ0n) is 6.85. The standard InChI is InChI=1S/C8H8FN3O/c9-7-3-1-2-4-8(7)13-6-5-11-12-10/h1-4H,5-6H2. The van der Waals surface area contributed by atoms with E-state index in [0.717, 1.165) is 0 Å². The number of halogens is 1. The highest BCUT2D eigenvalue weighted by molar-refractivity contribution is 5.23.